The van der Waals surface area contributed by atoms with Crippen molar-refractivity contribution in [3.63, 3.8) is 0 Å². The summed E-state index contributed by atoms with van der Waals surface area (Å²) in [7, 11) is -9.77. The Bertz CT molecular complexity index is 1720. The molecule has 0 heterocycles. The van der Waals surface area contributed by atoms with E-state index in [9.17, 15) is 43.5 Å². The van der Waals surface area contributed by atoms with E-state index >= 15 is 0 Å². The van der Waals surface area contributed by atoms with E-state index in [1.54, 1.807) is 0 Å². The van der Waals surface area contributed by atoms with Gasteiger partial charge in [0.2, 0.25) is 0 Å². The number of hydrogen-bond donors (Lipinski definition) is 4. The maximum absolute atomic E-state index is 12.8. The van der Waals surface area contributed by atoms with Crippen LogP contribution in [-0.4, -0.2) is 95.9 Å². The maximum Gasteiger partial charge on any atom is 0.472 e. The summed E-state index contributed by atoms with van der Waals surface area (Å²) in [6.07, 6.45) is 49.7. The van der Waals surface area contributed by atoms with Crippen molar-refractivity contribution in [3.05, 3.63) is 85.1 Å². The Balaban J connectivity index is 4.68. The number of rotatable bonds is 52. The molecule has 5 atom stereocenters. The molecule has 5 unspecified atom stereocenters. The van der Waals surface area contributed by atoms with Crippen molar-refractivity contribution < 1.29 is 75.8 Å². The molecule has 0 amide bonds. The van der Waals surface area contributed by atoms with Crippen LogP contribution in [0.5, 0.6) is 0 Å². The quantitative estimate of drug-likeness (QED) is 0.0146. The number of phosphoric acid groups is 2. The molecule has 75 heavy (non-hydrogen) atoms. The maximum atomic E-state index is 12.8. The molecule has 0 radical (unpaired) electrons. The standard InChI is InChI=1S/C57H98O16P2/c1-4-7-10-13-16-19-22-23-24-25-26-27-30-32-34-37-40-43-55(60)67-46-52(58)47-69-74(63,64)70-48-53(59)49-71-75(65,66)72-51-54(73-57(62)45-42-39-36-33-29-21-18-15-12-9-6-3)50-68-56(61)44-41-38-35-31-28-20-17-14-11-8-5-2/h7,10,14-19,23-24,26-27,32,34,52-54,58-59H,4-6,8-9,11-13,20-22,25,28-31,33,35-51H2,1-3H3,(H,63,64)(H,65,66)/b10-7-,17-14-,18-15-,19-16-,24-23-,27-26-,34-32-. The summed E-state index contributed by atoms with van der Waals surface area (Å²) in [4.78, 5) is 57.8. The second-order valence-corrected chi connectivity index (χ2v) is 21.3. The number of aliphatic hydroxyl groups is 2. The second kappa shape index (κ2) is 51.5. The number of ether oxygens (including phenoxy) is 3. The molecule has 4 N–H and O–H groups in total. The summed E-state index contributed by atoms with van der Waals surface area (Å²) in [5, 5.41) is 20.4. The highest BCUT2D eigenvalue weighted by atomic mass is 31.2. The predicted molar refractivity (Wildman–Crippen MR) is 298 cm³/mol. The largest absolute Gasteiger partial charge is 0.472 e. The predicted octanol–water partition coefficient (Wildman–Crippen LogP) is 13.8. The fourth-order valence-corrected chi connectivity index (χ4v) is 8.33. The first kappa shape index (κ1) is 71.7. The van der Waals surface area contributed by atoms with E-state index in [-0.39, 0.29) is 19.3 Å². The van der Waals surface area contributed by atoms with Crippen LogP contribution in [0, 0.1) is 0 Å². The Morgan fingerprint density at radius 2 is 0.720 bits per heavy atom. The van der Waals surface area contributed by atoms with Crippen molar-refractivity contribution >= 4 is 33.6 Å². The molecule has 0 fully saturated rings. The first-order valence-corrected chi connectivity index (χ1v) is 30.9. The lowest BCUT2D eigenvalue weighted by atomic mass is 10.1. The monoisotopic (exact) mass is 1100 g/mol. The second-order valence-electron chi connectivity index (χ2n) is 18.3. The van der Waals surface area contributed by atoms with E-state index < -0.39 is 91.5 Å². The summed E-state index contributed by atoms with van der Waals surface area (Å²) in [6.45, 7) is 2.33. The lowest BCUT2D eigenvalue weighted by Crippen LogP contribution is -2.30. The Kier molecular flexibility index (Phi) is 49.2. The van der Waals surface area contributed by atoms with Gasteiger partial charge in [0, 0.05) is 19.3 Å². The van der Waals surface area contributed by atoms with Crippen molar-refractivity contribution in [1.29, 1.82) is 0 Å². The Morgan fingerprint density at radius 1 is 0.387 bits per heavy atom. The van der Waals surface area contributed by atoms with Crippen LogP contribution < -0.4 is 0 Å². The average molecular weight is 1100 g/mol. The van der Waals surface area contributed by atoms with Crippen molar-refractivity contribution in [3.8, 4) is 0 Å². The van der Waals surface area contributed by atoms with E-state index in [1.807, 2.05) is 12.2 Å². The molecular formula is C57H98O16P2. The lowest BCUT2D eigenvalue weighted by molar-refractivity contribution is -0.161. The SMILES string of the molecule is CC/C=C\C/C=C\C/C=C\C/C=C\C/C=C\CCCC(=O)OCC(O)COP(=O)(O)OCC(O)COP(=O)(O)OCC(COC(=O)CCCCCCC/C=C\CCCC)OC(=O)CCCCCCC/C=C\CCCC. The lowest BCUT2D eigenvalue weighted by Gasteiger charge is -2.21. The number of phosphoric ester groups is 2. The molecule has 432 valence electrons. The van der Waals surface area contributed by atoms with Crippen molar-refractivity contribution in [2.75, 3.05) is 39.6 Å². The van der Waals surface area contributed by atoms with Gasteiger partial charge in [-0.2, -0.15) is 0 Å². The number of esters is 3. The number of unbranched alkanes of at least 4 members (excludes halogenated alkanes) is 15. The van der Waals surface area contributed by atoms with E-state index in [4.69, 9.17) is 32.3 Å². The summed E-state index contributed by atoms with van der Waals surface area (Å²) in [6, 6.07) is 0. The van der Waals surface area contributed by atoms with Gasteiger partial charge in [-0.1, -0.05) is 170 Å². The Hall–Kier alpha value is -3.27. The molecule has 0 rings (SSSR count). The highest BCUT2D eigenvalue weighted by Gasteiger charge is 2.29. The van der Waals surface area contributed by atoms with Gasteiger partial charge in [-0.25, -0.2) is 9.13 Å². The highest BCUT2D eigenvalue weighted by Crippen LogP contribution is 2.45. The van der Waals surface area contributed by atoms with Crippen LogP contribution in [0.25, 0.3) is 0 Å². The summed E-state index contributed by atoms with van der Waals surface area (Å²) < 4.78 is 60.3. The third-order valence-electron chi connectivity index (χ3n) is 11.1. The van der Waals surface area contributed by atoms with Crippen LogP contribution in [0.2, 0.25) is 0 Å². The molecule has 0 saturated heterocycles. The van der Waals surface area contributed by atoms with Gasteiger partial charge >= 0.3 is 33.6 Å². The molecule has 0 aromatic carbocycles. The zero-order chi connectivity index (χ0) is 55.4. The molecule has 0 bridgehead atoms. The topological polar surface area (TPSA) is 231 Å². The van der Waals surface area contributed by atoms with Crippen molar-refractivity contribution in [2.45, 2.75) is 219 Å². The fraction of sp³-hybridized carbons (Fsp3) is 0.702. The highest BCUT2D eigenvalue weighted by molar-refractivity contribution is 7.47. The molecule has 0 aromatic heterocycles. The first-order valence-electron chi connectivity index (χ1n) is 27.9. The number of allylic oxidation sites excluding steroid dienone is 14. The summed E-state index contributed by atoms with van der Waals surface area (Å²) in [5.41, 5.74) is 0. The zero-order valence-electron chi connectivity index (χ0n) is 45.9. The molecule has 0 aliphatic rings. The normalized spacial score (nSPS) is 15.2. The van der Waals surface area contributed by atoms with Gasteiger partial charge in [0.15, 0.2) is 6.10 Å². The van der Waals surface area contributed by atoms with Gasteiger partial charge in [-0.05, 0) is 96.3 Å². The first-order chi connectivity index (χ1) is 36.2. The van der Waals surface area contributed by atoms with Crippen LogP contribution in [0.1, 0.15) is 201 Å². The number of hydrogen-bond acceptors (Lipinski definition) is 14. The van der Waals surface area contributed by atoms with Crippen LogP contribution in [0.15, 0.2) is 85.1 Å². The molecule has 0 aliphatic carbocycles. The van der Waals surface area contributed by atoms with Crippen molar-refractivity contribution in [2.24, 2.45) is 0 Å². The van der Waals surface area contributed by atoms with E-state index in [1.165, 1.54) is 25.7 Å². The minimum atomic E-state index is -4.91. The number of carbonyl (C=O) groups excluding carboxylic acids is 3. The van der Waals surface area contributed by atoms with E-state index in [0.29, 0.717) is 25.7 Å². The van der Waals surface area contributed by atoms with Crippen LogP contribution in [0.3, 0.4) is 0 Å². The number of aliphatic hydroxyl groups excluding tert-OH is 2. The van der Waals surface area contributed by atoms with Crippen LogP contribution >= 0.6 is 15.6 Å². The third kappa shape index (κ3) is 52.6. The smallest absolute Gasteiger partial charge is 0.463 e. The summed E-state index contributed by atoms with van der Waals surface area (Å²) in [5.74, 6) is -1.66. The molecular weight excluding hydrogens is 1000 g/mol. The van der Waals surface area contributed by atoms with E-state index in [2.05, 4.69) is 93.7 Å². The van der Waals surface area contributed by atoms with Gasteiger partial charge < -0.3 is 34.2 Å². The summed E-state index contributed by atoms with van der Waals surface area (Å²) >= 11 is 0. The third-order valence-corrected chi connectivity index (χ3v) is 13.0. The van der Waals surface area contributed by atoms with Gasteiger partial charge in [0.05, 0.1) is 26.4 Å². The molecule has 18 heteroatoms. The molecule has 0 saturated carbocycles. The molecule has 0 aromatic rings. The molecule has 16 nitrogen and oxygen atoms in total. The van der Waals surface area contributed by atoms with Gasteiger partial charge in [0.25, 0.3) is 0 Å². The minimum Gasteiger partial charge on any atom is -0.463 e. The van der Waals surface area contributed by atoms with Crippen molar-refractivity contribution in [1.82, 2.24) is 0 Å². The van der Waals surface area contributed by atoms with E-state index in [0.717, 1.165) is 109 Å². The van der Waals surface area contributed by atoms with Gasteiger partial charge in [-0.15, -0.1) is 0 Å². The van der Waals surface area contributed by atoms with Gasteiger partial charge in [0.1, 0.15) is 25.4 Å². The Morgan fingerprint density at radius 3 is 1.19 bits per heavy atom. The average Bonchev–Trinajstić information content (AvgIpc) is 3.38. The number of carbonyl (C=O) groups is 3. The van der Waals surface area contributed by atoms with Gasteiger partial charge in [-0.3, -0.25) is 32.5 Å². The molecule has 0 spiro atoms. The van der Waals surface area contributed by atoms with Crippen LogP contribution in [-0.2, 0) is 55.8 Å². The zero-order valence-corrected chi connectivity index (χ0v) is 47.7. The fourth-order valence-electron chi connectivity index (χ4n) is 6.74. The molecule has 0 aliphatic heterocycles. The minimum absolute atomic E-state index is 0.0910. The Labute approximate surface area is 451 Å². The van der Waals surface area contributed by atoms with Crippen LogP contribution in [0.4, 0.5) is 0 Å².